The Labute approximate surface area is 319 Å². The van der Waals surface area contributed by atoms with Gasteiger partial charge in [-0.2, -0.15) is 15.1 Å². The molecule has 4 aliphatic rings. The van der Waals surface area contributed by atoms with Crippen molar-refractivity contribution in [1.82, 2.24) is 29.5 Å². The first-order valence-electron chi connectivity index (χ1n) is 19.2. The number of likely N-dealkylation sites (tertiary alicyclic amines) is 2. The SMILES string of the molecule is C#Cc1c(F)ccc2cc(O)cc(-c3c(F)c4nc(OCC5(CN6CC(C)(OC)C6)CC5)nc(N5[C@@H]6CC[C@H]5CN(CCCOC)C6)c4c4cn(C)nc34)c12. The molecule has 0 amide bonds. The van der Waals surface area contributed by atoms with Gasteiger partial charge in [-0.05, 0) is 68.2 Å². The van der Waals surface area contributed by atoms with Crippen molar-refractivity contribution in [2.45, 2.75) is 56.7 Å². The Balaban J connectivity index is 1.20. The second kappa shape index (κ2) is 13.5. The van der Waals surface area contributed by atoms with E-state index in [4.69, 9.17) is 35.7 Å². The fraction of sp³-hybridized carbons (Fsp3) is 0.500. The standard InChI is InChI=1S/C42H47F2N7O4/c1-6-29-32(43)11-8-25-16-28(52)17-30(33(25)29)34-36(44)38-35(31-20-48(3)47-37(31)34)39(51-26-9-10-27(51)19-49(18-26)14-7-15-53-4)46-40(45-38)55-24-42(12-13-42)23-50-21-41(2,22-50)54-5/h1,8,11,16-17,20,26-27,52H,7,9-10,12-15,18-19,21-24H2,2-5H3/t26-,27+. The van der Waals surface area contributed by atoms with Crippen molar-refractivity contribution in [3.8, 4) is 35.2 Å². The van der Waals surface area contributed by atoms with Gasteiger partial charge in [0.25, 0.3) is 0 Å². The van der Waals surface area contributed by atoms with Crippen LogP contribution in [0.2, 0.25) is 0 Å². The first-order valence-corrected chi connectivity index (χ1v) is 19.2. The molecule has 1 saturated carbocycles. The fourth-order valence-electron chi connectivity index (χ4n) is 9.48. The number of rotatable bonds is 12. The zero-order valence-corrected chi connectivity index (χ0v) is 31.9. The number of aryl methyl sites for hydroxylation is 1. The number of phenolic OH excluding ortho intramolecular Hbond substituents is 1. The zero-order valence-electron chi connectivity index (χ0n) is 31.9. The summed E-state index contributed by atoms with van der Waals surface area (Å²) in [5.41, 5.74) is 0.541. The molecule has 2 aromatic heterocycles. The molecule has 3 aliphatic heterocycles. The van der Waals surface area contributed by atoms with Crippen LogP contribution in [0.3, 0.4) is 0 Å². The number of phenols is 1. The maximum Gasteiger partial charge on any atom is 0.319 e. The number of aromatic nitrogens is 4. The predicted octanol–water partition coefficient (Wildman–Crippen LogP) is 5.87. The van der Waals surface area contributed by atoms with Crippen molar-refractivity contribution in [1.29, 1.82) is 0 Å². The van der Waals surface area contributed by atoms with E-state index in [-0.39, 0.29) is 57.1 Å². The molecule has 13 heteroatoms. The molecule has 11 nitrogen and oxygen atoms in total. The molecule has 5 aromatic rings. The average molecular weight is 752 g/mol. The maximum atomic E-state index is 17.8. The Kier molecular flexibility index (Phi) is 8.88. The van der Waals surface area contributed by atoms with Crippen LogP contribution < -0.4 is 9.64 Å². The highest BCUT2D eigenvalue weighted by molar-refractivity contribution is 6.18. The highest BCUT2D eigenvalue weighted by atomic mass is 19.1. The molecule has 0 radical (unpaired) electrons. The number of fused-ring (bicyclic) bond motifs is 6. The molecule has 4 fully saturated rings. The summed E-state index contributed by atoms with van der Waals surface area (Å²) < 4.78 is 52.2. The van der Waals surface area contributed by atoms with E-state index in [2.05, 4.69) is 27.5 Å². The maximum absolute atomic E-state index is 17.8. The van der Waals surface area contributed by atoms with Gasteiger partial charge in [0.05, 0.1) is 23.2 Å². The summed E-state index contributed by atoms with van der Waals surface area (Å²) in [6.07, 6.45) is 12.7. The summed E-state index contributed by atoms with van der Waals surface area (Å²) in [5.74, 6) is 1.70. The predicted molar refractivity (Wildman–Crippen MR) is 208 cm³/mol. The molecular formula is C42H47F2N7O4. The van der Waals surface area contributed by atoms with Crippen LogP contribution in [0.4, 0.5) is 14.6 Å². The Morgan fingerprint density at radius 3 is 2.47 bits per heavy atom. The second-order valence-electron chi connectivity index (χ2n) is 16.5. The highest BCUT2D eigenvalue weighted by Crippen LogP contribution is 2.49. The van der Waals surface area contributed by atoms with E-state index in [1.807, 2.05) is 6.20 Å². The minimum atomic E-state index is -0.667. The lowest BCUT2D eigenvalue weighted by Crippen LogP contribution is -2.62. The number of hydrogen-bond acceptors (Lipinski definition) is 10. The van der Waals surface area contributed by atoms with Crippen LogP contribution in [0.1, 0.15) is 44.6 Å². The molecule has 1 N–H and O–H groups in total. The van der Waals surface area contributed by atoms with E-state index in [1.165, 1.54) is 24.3 Å². The van der Waals surface area contributed by atoms with Crippen LogP contribution in [-0.2, 0) is 16.5 Å². The van der Waals surface area contributed by atoms with Crippen molar-refractivity contribution in [2.24, 2.45) is 12.5 Å². The van der Waals surface area contributed by atoms with Crippen LogP contribution in [0.15, 0.2) is 30.5 Å². The second-order valence-corrected chi connectivity index (χ2v) is 16.5. The van der Waals surface area contributed by atoms with E-state index in [9.17, 15) is 5.11 Å². The summed E-state index contributed by atoms with van der Waals surface area (Å²) in [7, 11) is 5.27. The van der Waals surface area contributed by atoms with Crippen LogP contribution in [-0.4, -0.2) is 119 Å². The van der Waals surface area contributed by atoms with Crippen LogP contribution in [0.5, 0.6) is 11.8 Å². The van der Waals surface area contributed by atoms with Gasteiger partial charge in [-0.25, -0.2) is 8.78 Å². The summed E-state index contributed by atoms with van der Waals surface area (Å²) in [5, 5.41) is 17.7. The topological polar surface area (TPSA) is 101 Å². The molecule has 3 saturated heterocycles. The number of aromatic hydroxyl groups is 1. The minimum Gasteiger partial charge on any atom is -0.508 e. The summed E-state index contributed by atoms with van der Waals surface area (Å²) >= 11 is 0. The van der Waals surface area contributed by atoms with Crippen molar-refractivity contribution in [2.75, 3.05) is 71.6 Å². The quantitative estimate of drug-likeness (QED) is 0.123. The van der Waals surface area contributed by atoms with E-state index in [0.29, 0.717) is 46.1 Å². The van der Waals surface area contributed by atoms with Crippen molar-refractivity contribution in [3.63, 3.8) is 0 Å². The number of anilines is 1. The van der Waals surface area contributed by atoms with E-state index in [0.717, 1.165) is 71.4 Å². The molecule has 2 atom stereocenters. The highest BCUT2D eigenvalue weighted by Gasteiger charge is 2.50. The smallest absolute Gasteiger partial charge is 0.319 e. The molecule has 0 unspecified atom stereocenters. The van der Waals surface area contributed by atoms with Crippen LogP contribution in [0.25, 0.3) is 43.7 Å². The minimum absolute atomic E-state index is 0.0221. The molecule has 9 rings (SSSR count). The van der Waals surface area contributed by atoms with Gasteiger partial charge in [0.1, 0.15) is 28.4 Å². The van der Waals surface area contributed by atoms with Crippen molar-refractivity contribution in [3.05, 3.63) is 47.7 Å². The molecule has 55 heavy (non-hydrogen) atoms. The third kappa shape index (κ3) is 6.23. The van der Waals surface area contributed by atoms with Gasteiger partial charge >= 0.3 is 6.01 Å². The Hall–Kier alpha value is -4.61. The first-order chi connectivity index (χ1) is 26.5. The lowest BCUT2D eigenvalue weighted by molar-refractivity contribution is -0.117. The first kappa shape index (κ1) is 36.1. The Bertz CT molecular complexity index is 2350. The third-order valence-electron chi connectivity index (χ3n) is 12.4. The fourth-order valence-corrected chi connectivity index (χ4v) is 9.48. The number of ether oxygens (including phenoxy) is 3. The molecule has 5 heterocycles. The number of piperazine rings is 1. The molecule has 3 aromatic carbocycles. The zero-order chi connectivity index (χ0) is 38.2. The van der Waals surface area contributed by atoms with Gasteiger partial charge in [0.15, 0.2) is 5.82 Å². The summed E-state index contributed by atoms with van der Waals surface area (Å²) in [4.78, 5) is 17.3. The largest absolute Gasteiger partial charge is 0.508 e. The van der Waals surface area contributed by atoms with E-state index >= 15 is 8.78 Å². The monoisotopic (exact) mass is 751 g/mol. The number of halogens is 2. The molecule has 288 valence electrons. The molecule has 2 bridgehead atoms. The lowest BCUT2D eigenvalue weighted by atomic mass is 9.91. The van der Waals surface area contributed by atoms with Crippen LogP contribution in [0, 0.1) is 29.4 Å². The number of hydrogen-bond donors (Lipinski definition) is 1. The molecular weight excluding hydrogens is 705 g/mol. The lowest BCUT2D eigenvalue weighted by Gasteiger charge is -2.48. The number of benzene rings is 3. The Morgan fingerprint density at radius 1 is 1.02 bits per heavy atom. The Morgan fingerprint density at radius 2 is 1.78 bits per heavy atom. The van der Waals surface area contributed by atoms with E-state index < -0.39 is 11.6 Å². The number of methoxy groups -OCH3 is 2. The third-order valence-corrected chi connectivity index (χ3v) is 12.4. The average Bonchev–Trinajstić information content (AvgIpc) is 3.73. The van der Waals surface area contributed by atoms with Gasteiger partial charge in [-0.3, -0.25) is 14.5 Å². The number of nitrogens with zero attached hydrogens (tertiary/aromatic N) is 7. The molecule has 1 aliphatic carbocycles. The van der Waals surface area contributed by atoms with Crippen molar-refractivity contribution < 1.29 is 28.1 Å². The number of terminal acetylenes is 1. The van der Waals surface area contributed by atoms with Gasteiger partial charge in [-0.15, -0.1) is 6.42 Å². The molecule has 0 spiro atoms. The normalized spacial score (nSPS) is 21.7. The van der Waals surface area contributed by atoms with Gasteiger partial charge in [0, 0.05) is 107 Å². The van der Waals surface area contributed by atoms with Gasteiger partial charge in [-0.1, -0.05) is 12.0 Å². The van der Waals surface area contributed by atoms with Gasteiger partial charge in [0.2, 0.25) is 0 Å². The summed E-state index contributed by atoms with van der Waals surface area (Å²) in [6, 6.07) is 6.14. The van der Waals surface area contributed by atoms with Gasteiger partial charge < -0.3 is 24.2 Å². The van der Waals surface area contributed by atoms with E-state index in [1.54, 1.807) is 25.9 Å². The summed E-state index contributed by atoms with van der Waals surface area (Å²) in [6.45, 7) is 8.52. The van der Waals surface area contributed by atoms with Crippen molar-refractivity contribution >= 4 is 38.4 Å². The van der Waals surface area contributed by atoms with Crippen LogP contribution >= 0.6 is 0 Å².